The maximum atomic E-state index is 5.92. The van der Waals surface area contributed by atoms with Gasteiger partial charge in [-0.15, -0.1) is 24.0 Å². The van der Waals surface area contributed by atoms with E-state index < -0.39 is 0 Å². The highest BCUT2D eigenvalue weighted by Gasteiger charge is 2.05. The molecule has 0 spiro atoms. The molecule has 136 valence electrons. The quantitative estimate of drug-likeness (QED) is 0.377. The van der Waals surface area contributed by atoms with Crippen LogP contribution in [0.4, 0.5) is 5.69 Å². The van der Waals surface area contributed by atoms with Crippen LogP contribution in [0.2, 0.25) is 0 Å². The van der Waals surface area contributed by atoms with Crippen molar-refractivity contribution < 1.29 is 14.2 Å². The van der Waals surface area contributed by atoms with Crippen LogP contribution in [0.3, 0.4) is 0 Å². The minimum Gasteiger partial charge on any atom is -0.497 e. The maximum Gasteiger partial charge on any atom is 0.193 e. The Kier molecular flexibility index (Phi) is 8.90. The number of rotatable bonds is 7. The number of benzene rings is 2. The van der Waals surface area contributed by atoms with Crippen molar-refractivity contribution in [3.63, 3.8) is 0 Å². The van der Waals surface area contributed by atoms with Gasteiger partial charge in [-0.25, -0.2) is 4.99 Å². The zero-order valence-electron chi connectivity index (χ0n) is 14.6. The minimum absolute atomic E-state index is 0. The second-order valence-electron chi connectivity index (χ2n) is 4.97. The second kappa shape index (κ2) is 10.7. The van der Waals surface area contributed by atoms with Gasteiger partial charge in [0.25, 0.3) is 0 Å². The van der Waals surface area contributed by atoms with E-state index in [4.69, 9.17) is 19.9 Å². The molecule has 0 bridgehead atoms. The molecule has 0 aliphatic carbocycles. The molecular weight excluding hydrogens is 433 g/mol. The molecule has 0 amide bonds. The van der Waals surface area contributed by atoms with Crippen molar-refractivity contribution in [2.45, 2.75) is 13.5 Å². The highest BCUT2D eigenvalue weighted by Crippen LogP contribution is 2.28. The van der Waals surface area contributed by atoms with Gasteiger partial charge >= 0.3 is 0 Å². The Bertz CT molecular complexity index is 690. The van der Waals surface area contributed by atoms with Gasteiger partial charge in [0.05, 0.1) is 27.4 Å². The molecular formula is C18H24IN3O3. The fourth-order valence-corrected chi connectivity index (χ4v) is 2.12. The van der Waals surface area contributed by atoms with E-state index >= 15 is 0 Å². The molecule has 3 N–H and O–H groups in total. The first-order chi connectivity index (χ1) is 11.7. The molecule has 0 aliphatic heterocycles. The van der Waals surface area contributed by atoms with E-state index in [1.165, 1.54) is 0 Å². The molecule has 2 rings (SSSR count). The van der Waals surface area contributed by atoms with Crippen molar-refractivity contribution in [2.75, 3.05) is 26.1 Å². The van der Waals surface area contributed by atoms with Gasteiger partial charge in [0.15, 0.2) is 17.5 Å². The van der Waals surface area contributed by atoms with Crippen LogP contribution in [-0.4, -0.2) is 26.8 Å². The van der Waals surface area contributed by atoms with Crippen molar-refractivity contribution in [1.29, 1.82) is 0 Å². The molecule has 6 nitrogen and oxygen atoms in total. The van der Waals surface area contributed by atoms with Crippen molar-refractivity contribution in [2.24, 2.45) is 10.7 Å². The van der Waals surface area contributed by atoms with Gasteiger partial charge in [-0.05, 0) is 48.9 Å². The molecule has 2 aromatic carbocycles. The molecule has 0 aromatic heterocycles. The third-order valence-corrected chi connectivity index (χ3v) is 3.32. The van der Waals surface area contributed by atoms with Crippen LogP contribution >= 0.6 is 24.0 Å². The first-order valence-electron chi connectivity index (χ1n) is 7.67. The zero-order valence-corrected chi connectivity index (χ0v) is 16.9. The average molecular weight is 457 g/mol. The van der Waals surface area contributed by atoms with Crippen LogP contribution in [0.1, 0.15) is 12.5 Å². The number of hydrogen-bond donors (Lipinski definition) is 2. The fourth-order valence-electron chi connectivity index (χ4n) is 2.12. The predicted octanol–water partition coefficient (Wildman–Crippen LogP) is 3.65. The van der Waals surface area contributed by atoms with E-state index in [-0.39, 0.29) is 24.0 Å². The summed E-state index contributed by atoms with van der Waals surface area (Å²) in [7, 11) is 3.24. The van der Waals surface area contributed by atoms with Crippen molar-refractivity contribution >= 4 is 35.6 Å². The molecule has 0 fully saturated rings. The third-order valence-electron chi connectivity index (χ3n) is 3.32. The lowest BCUT2D eigenvalue weighted by atomic mass is 10.2. The Balaban J connectivity index is 0.00000312. The van der Waals surface area contributed by atoms with Crippen LogP contribution in [0.5, 0.6) is 17.2 Å². The zero-order chi connectivity index (χ0) is 17.4. The predicted molar refractivity (Wildman–Crippen MR) is 112 cm³/mol. The Morgan fingerprint density at radius 2 is 1.76 bits per heavy atom. The number of nitrogens with two attached hydrogens (primary N) is 1. The summed E-state index contributed by atoms with van der Waals surface area (Å²) in [4.78, 5) is 4.34. The van der Waals surface area contributed by atoms with E-state index in [1.807, 2.05) is 49.4 Å². The standard InChI is InChI=1S/C18H23N3O3.HI/c1-4-24-16-10-5-13(11-17(16)23-3)12-20-18(19)21-14-6-8-15(22-2)9-7-14;/h5-11H,4,12H2,1-3H3,(H3,19,20,21);1H. The molecule has 2 aromatic rings. The number of methoxy groups -OCH3 is 2. The van der Waals surface area contributed by atoms with Gasteiger partial charge in [-0.1, -0.05) is 6.07 Å². The molecule has 0 radical (unpaired) electrons. The van der Waals surface area contributed by atoms with E-state index in [2.05, 4.69) is 10.3 Å². The third kappa shape index (κ3) is 6.33. The molecule has 0 saturated heterocycles. The van der Waals surface area contributed by atoms with Gasteiger partial charge in [0.1, 0.15) is 5.75 Å². The lowest BCUT2D eigenvalue weighted by Gasteiger charge is -2.10. The smallest absolute Gasteiger partial charge is 0.193 e. The first-order valence-corrected chi connectivity index (χ1v) is 7.67. The summed E-state index contributed by atoms with van der Waals surface area (Å²) in [6.07, 6.45) is 0. The Morgan fingerprint density at radius 3 is 2.36 bits per heavy atom. The fraction of sp³-hybridized carbons (Fsp3) is 0.278. The lowest BCUT2D eigenvalue weighted by Crippen LogP contribution is -2.22. The topological polar surface area (TPSA) is 78.1 Å². The largest absolute Gasteiger partial charge is 0.497 e. The van der Waals surface area contributed by atoms with Crippen molar-refractivity contribution in [3.8, 4) is 17.2 Å². The van der Waals surface area contributed by atoms with Crippen molar-refractivity contribution in [3.05, 3.63) is 48.0 Å². The summed E-state index contributed by atoms with van der Waals surface area (Å²) >= 11 is 0. The van der Waals surface area contributed by atoms with Crippen LogP contribution in [0.25, 0.3) is 0 Å². The Morgan fingerprint density at radius 1 is 1.04 bits per heavy atom. The number of nitrogens with zero attached hydrogens (tertiary/aromatic N) is 1. The number of ether oxygens (including phenoxy) is 3. The van der Waals surface area contributed by atoms with Gasteiger partial charge in [0, 0.05) is 5.69 Å². The first kappa shape index (κ1) is 20.9. The SMILES string of the molecule is CCOc1ccc(CN=C(N)Nc2ccc(OC)cc2)cc1OC.I. The molecule has 0 heterocycles. The number of hydrogen-bond acceptors (Lipinski definition) is 4. The monoisotopic (exact) mass is 457 g/mol. The Hall–Kier alpha value is -2.16. The summed E-state index contributed by atoms with van der Waals surface area (Å²) in [5.41, 5.74) is 7.75. The minimum atomic E-state index is 0. The van der Waals surface area contributed by atoms with E-state index in [0.29, 0.717) is 24.9 Å². The van der Waals surface area contributed by atoms with Crippen LogP contribution in [0, 0.1) is 0 Å². The number of aliphatic imine (C=N–C) groups is 1. The van der Waals surface area contributed by atoms with Gasteiger partial charge in [0.2, 0.25) is 0 Å². The van der Waals surface area contributed by atoms with Crippen LogP contribution in [0.15, 0.2) is 47.5 Å². The van der Waals surface area contributed by atoms with Crippen LogP contribution < -0.4 is 25.3 Å². The summed E-state index contributed by atoms with van der Waals surface area (Å²) in [5, 5.41) is 3.04. The van der Waals surface area contributed by atoms with Crippen LogP contribution in [-0.2, 0) is 6.54 Å². The summed E-state index contributed by atoms with van der Waals surface area (Å²) in [6.45, 7) is 2.97. The molecule has 0 saturated carbocycles. The highest BCUT2D eigenvalue weighted by atomic mass is 127. The number of guanidine groups is 1. The van der Waals surface area contributed by atoms with Gasteiger partial charge in [-0.2, -0.15) is 0 Å². The summed E-state index contributed by atoms with van der Waals surface area (Å²) in [6, 6.07) is 13.2. The van der Waals surface area contributed by atoms with Crippen molar-refractivity contribution in [1.82, 2.24) is 0 Å². The normalized spacial score (nSPS) is 10.6. The average Bonchev–Trinajstić information content (AvgIpc) is 2.61. The number of nitrogens with one attached hydrogen (secondary N) is 1. The van der Waals surface area contributed by atoms with E-state index in [1.54, 1.807) is 14.2 Å². The van der Waals surface area contributed by atoms with Gasteiger partial charge in [-0.3, -0.25) is 0 Å². The van der Waals surface area contributed by atoms with Gasteiger partial charge < -0.3 is 25.3 Å². The maximum absolute atomic E-state index is 5.92. The molecule has 0 aliphatic rings. The highest BCUT2D eigenvalue weighted by molar-refractivity contribution is 14.0. The summed E-state index contributed by atoms with van der Waals surface area (Å²) in [5.74, 6) is 2.54. The lowest BCUT2D eigenvalue weighted by molar-refractivity contribution is 0.310. The number of anilines is 1. The molecule has 0 unspecified atom stereocenters. The van der Waals surface area contributed by atoms with E-state index in [9.17, 15) is 0 Å². The second-order valence-corrected chi connectivity index (χ2v) is 4.97. The Labute approximate surface area is 165 Å². The summed E-state index contributed by atoms with van der Waals surface area (Å²) < 4.78 is 15.9. The molecule has 25 heavy (non-hydrogen) atoms. The van der Waals surface area contributed by atoms with E-state index in [0.717, 1.165) is 22.7 Å². The molecule has 7 heteroatoms. The molecule has 0 atom stereocenters. The number of halogens is 1.